The summed E-state index contributed by atoms with van der Waals surface area (Å²) in [4.78, 5) is 0. The number of nitrogens with zero attached hydrogens (tertiary/aromatic N) is 1. The van der Waals surface area contributed by atoms with Gasteiger partial charge in [-0.3, -0.25) is 0 Å². The van der Waals surface area contributed by atoms with Gasteiger partial charge in [0.05, 0.1) is 12.6 Å². The first-order valence-corrected chi connectivity index (χ1v) is 7.09. The Kier molecular flexibility index (Phi) is 3.57. The normalized spacial score (nSPS) is 12.7. The van der Waals surface area contributed by atoms with Gasteiger partial charge in [-0.2, -0.15) is 0 Å². The minimum Gasteiger partial charge on any atom is -0.387 e. The third-order valence-corrected chi connectivity index (χ3v) is 3.80. The van der Waals surface area contributed by atoms with Crippen LogP contribution in [0.2, 0.25) is 0 Å². The number of aliphatic hydroxyl groups excluding tert-OH is 1. The first kappa shape index (κ1) is 12.9. The molecule has 1 aromatic heterocycles. The van der Waals surface area contributed by atoms with Crippen LogP contribution in [-0.4, -0.2) is 9.67 Å². The Hall–Kier alpha value is -2.06. The molecule has 1 atom stereocenters. The number of fused-ring (bicyclic) bond motifs is 1. The van der Waals surface area contributed by atoms with E-state index in [2.05, 4.69) is 35.8 Å². The number of benzene rings is 2. The number of aliphatic hydroxyl groups is 1. The zero-order chi connectivity index (χ0) is 13.9. The van der Waals surface area contributed by atoms with Crippen LogP contribution in [0.25, 0.3) is 10.9 Å². The lowest BCUT2D eigenvalue weighted by Crippen LogP contribution is -2.10. The molecular formula is C18H19NO. The maximum atomic E-state index is 10.5. The molecule has 3 rings (SSSR count). The van der Waals surface area contributed by atoms with Crippen LogP contribution in [0.1, 0.15) is 24.3 Å². The summed E-state index contributed by atoms with van der Waals surface area (Å²) in [7, 11) is 0. The fraction of sp³-hybridized carbons (Fsp3) is 0.222. The van der Waals surface area contributed by atoms with Gasteiger partial charge in [-0.05, 0) is 29.5 Å². The van der Waals surface area contributed by atoms with Crippen LogP contribution in [0, 0.1) is 0 Å². The second-order valence-corrected chi connectivity index (χ2v) is 5.09. The van der Waals surface area contributed by atoms with Crippen LogP contribution in [0.4, 0.5) is 0 Å². The number of rotatable bonds is 4. The molecule has 1 heterocycles. The van der Waals surface area contributed by atoms with Crippen LogP contribution in [0.3, 0.4) is 0 Å². The summed E-state index contributed by atoms with van der Waals surface area (Å²) in [6.07, 6.45) is 0.494. The number of aryl methyl sites for hydroxylation is 1. The van der Waals surface area contributed by atoms with Crippen molar-refractivity contribution < 1.29 is 5.11 Å². The topological polar surface area (TPSA) is 25.2 Å². The molecular weight excluding hydrogens is 246 g/mol. The number of para-hydroxylation sites is 1. The van der Waals surface area contributed by atoms with Crippen LogP contribution in [0.15, 0.2) is 60.7 Å². The van der Waals surface area contributed by atoms with Gasteiger partial charge in [-0.25, -0.2) is 0 Å². The maximum Gasteiger partial charge on any atom is 0.0969 e. The minimum atomic E-state index is -0.475. The van der Waals surface area contributed by atoms with Gasteiger partial charge in [0, 0.05) is 11.2 Å². The van der Waals surface area contributed by atoms with E-state index in [0.717, 1.165) is 12.0 Å². The molecule has 0 fully saturated rings. The lowest BCUT2D eigenvalue weighted by Gasteiger charge is -2.15. The molecule has 2 heteroatoms. The van der Waals surface area contributed by atoms with E-state index in [9.17, 15) is 5.11 Å². The number of hydrogen-bond donors (Lipinski definition) is 1. The molecule has 0 bridgehead atoms. The Balaban J connectivity index is 1.98. The summed E-state index contributed by atoms with van der Waals surface area (Å²) in [5, 5.41) is 11.7. The zero-order valence-corrected chi connectivity index (χ0v) is 11.7. The zero-order valence-electron chi connectivity index (χ0n) is 11.7. The SMILES string of the molecule is CCc1cc2ccccc2n1CC(O)c1ccccc1. The van der Waals surface area contributed by atoms with Crippen LogP contribution in [0.5, 0.6) is 0 Å². The average molecular weight is 265 g/mol. The monoisotopic (exact) mass is 265 g/mol. The second kappa shape index (κ2) is 5.51. The summed E-state index contributed by atoms with van der Waals surface area (Å²) in [5.74, 6) is 0. The number of hydrogen-bond acceptors (Lipinski definition) is 1. The van der Waals surface area contributed by atoms with E-state index in [0.29, 0.717) is 6.54 Å². The quantitative estimate of drug-likeness (QED) is 0.759. The molecule has 0 radical (unpaired) electrons. The molecule has 0 saturated carbocycles. The van der Waals surface area contributed by atoms with Gasteiger partial charge in [0.2, 0.25) is 0 Å². The summed E-state index contributed by atoms with van der Waals surface area (Å²) in [6.45, 7) is 2.75. The molecule has 1 unspecified atom stereocenters. The first-order valence-electron chi connectivity index (χ1n) is 7.09. The van der Waals surface area contributed by atoms with E-state index in [1.54, 1.807) is 0 Å². The van der Waals surface area contributed by atoms with Crippen LogP contribution < -0.4 is 0 Å². The summed E-state index contributed by atoms with van der Waals surface area (Å²) < 4.78 is 2.23. The Bertz CT molecular complexity index is 700. The molecule has 0 amide bonds. The Morgan fingerprint density at radius 3 is 2.45 bits per heavy atom. The van der Waals surface area contributed by atoms with Gasteiger partial charge in [0.25, 0.3) is 0 Å². The smallest absolute Gasteiger partial charge is 0.0969 e. The Labute approximate surface area is 119 Å². The van der Waals surface area contributed by atoms with Crippen molar-refractivity contribution in [3.05, 3.63) is 71.9 Å². The lowest BCUT2D eigenvalue weighted by atomic mass is 10.1. The van der Waals surface area contributed by atoms with Crippen LogP contribution >= 0.6 is 0 Å². The fourth-order valence-corrected chi connectivity index (χ4v) is 2.73. The molecule has 0 aliphatic heterocycles. The van der Waals surface area contributed by atoms with Gasteiger partial charge >= 0.3 is 0 Å². The van der Waals surface area contributed by atoms with E-state index in [4.69, 9.17) is 0 Å². The van der Waals surface area contributed by atoms with Crippen LogP contribution in [-0.2, 0) is 13.0 Å². The van der Waals surface area contributed by atoms with Crippen molar-refractivity contribution in [1.82, 2.24) is 4.57 Å². The van der Waals surface area contributed by atoms with E-state index < -0.39 is 6.10 Å². The minimum absolute atomic E-state index is 0.475. The van der Waals surface area contributed by atoms with Crippen molar-refractivity contribution in [1.29, 1.82) is 0 Å². The van der Waals surface area contributed by atoms with Crippen molar-refractivity contribution in [3.63, 3.8) is 0 Å². The van der Waals surface area contributed by atoms with E-state index in [-0.39, 0.29) is 0 Å². The molecule has 0 aliphatic carbocycles. The molecule has 20 heavy (non-hydrogen) atoms. The van der Waals surface area contributed by atoms with Gasteiger partial charge in [0.1, 0.15) is 0 Å². The maximum absolute atomic E-state index is 10.5. The summed E-state index contributed by atoms with van der Waals surface area (Å²) >= 11 is 0. The van der Waals surface area contributed by atoms with Gasteiger partial charge in [-0.1, -0.05) is 55.5 Å². The third-order valence-electron chi connectivity index (χ3n) is 3.80. The van der Waals surface area contributed by atoms with Crippen molar-refractivity contribution in [2.75, 3.05) is 0 Å². The number of aromatic nitrogens is 1. The predicted octanol–water partition coefficient (Wildman–Crippen LogP) is 3.94. The highest BCUT2D eigenvalue weighted by atomic mass is 16.3. The van der Waals surface area contributed by atoms with E-state index in [1.165, 1.54) is 16.6 Å². The Morgan fingerprint density at radius 1 is 1.00 bits per heavy atom. The van der Waals surface area contributed by atoms with E-state index in [1.807, 2.05) is 36.4 Å². The van der Waals surface area contributed by atoms with Crippen molar-refractivity contribution in [3.8, 4) is 0 Å². The van der Waals surface area contributed by atoms with Crippen molar-refractivity contribution in [2.45, 2.75) is 26.0 Å². The largest absolute Gasteiger partial charge is 0.387 e. The third kappa shape index (κ3) is 2.35. The standard InChI is InChI=1S/C18H19NO/c1-2-16-12-15-10-6-7-11-17(15)19(16)13-18(20)14-8-4-3-5-9-14/h3-12,18,20H,2,13H2,1H3. The van der Waals surface area contributed by atoms with Crippen molar-refractivity contribution in [2.24, 2.45) is 0 Å². The fourth-order valence-electron chi connectivity index (χ4n) is 2.73. The highest BCUT2D eigenvalue weighted by molar-refractivity contribution is 5.81. The Morgan fingerprint density at radius 2 is 1.70 bits per heavy atom. The first-order chi connectivity index (χ1) is 9.79. The average Bonchev–Trinajstić information content (AvgIpc) is 2.86. The van der Waals surface area contributed by atoms with Gasteiger partial charge < -0.3 is 9.67 Å². The molecule has 2 nitrogen and oxygen atoms in total. The molecule has 0 aliphatic rings. The molecule has 2 aromatic carbocycles. The highest BCUT2D eigenvalue weighted by Crippen LogP contribution is 2.24. The summed E-state index contributed by atoms with van der Waals surface area (Å²) in [6, 6.07) is 20.4. The molecule has 1 N–H and O–H groups in total. The van der Waals surface area contributed by atoms with Crippen molar-refractivity contribution >= 4 is 10.9 Å². The molecule has 102 valence electrons. The lowest BCUT2D eigenvalue weighted by molar-refractivity contribution is 0.157. The highest BCUT2D eigenvalue weighted by Gasteiger charge is 2.12. The van der Waals surface area contributed by atoms with Gasteiger partial charge in [-0.15, -0.1) is 0 Å². The molecule has 3 aromatic rings. The summed E-state index contributed by atoms with van der Waals surface area (Å²) in [5.41, 5.74) is 3.42. The predicted molar refractivity (Wildman–Crippen MR) is 82.7 cm³/mol. The second-order valence-electron chi connectivity index (χ2n) is 5.09. The van der Waals surface area contributed by atoms with E-state index >= 15 is 0 Å². The molecule has 0 spiro atoms. The van der Waals surface area contributed by atoms with Gasteiger partial charge in [0.15, 0.2) is 0 Å². The molecule has 0 saturated heterocycles.